The van der Waals surface area contributed by atoms with E-state index in [0.29, 0.717) is 10.9 Å². The van der Waals surface area contributed by atoms with Gasteiger partial charge in [-0.1, -0.05) is 22.0 Å². The first-order valence-electron chi connectivity index (χ1n) is 6.53. The second-order valence-corrected chi connectivity index (χ2v) is 5.65. The number of fused-ring (bicyclic) bond motifs is 1. The largest absolute Gasteiger partial charge is 0.322 e. The Morgan fingerprint density at radius 2 is 2.10 bits per heavy atom. The first kappa shape index (κ1) is 14.2. The Balaban J connectivity index is 1.95. The topological polar surface area (TPSA) is 66.5 Å². The number of piperidine rings is 1. The third-order valence-electron chi connectivity index (χ3n) is 3.89. The molecule has 3 amide bonds. The summed E-state index contributed by atoms with van der Waals surface area (Å²) in [5, 5.41) is 2.73. The molecule has 1 fully saturated rings. The third kappa shape index (κ3) is 2.25. The molecule has 2 aliphatic heterocycles. The van der Waals surface area contributed by atoms with Crippen LogP contribution in [0.3, 0.4) is 0 Å². The summed E-state index contributed by atoms with van der Waals surface area (Å²) in [7, 11) is 0. The molecule has 3 rings (SSSR count). The number of rotatable bonds is 2. The number of carbonyl (C=O) groups excluding carboxylic acids is 3. The van der Waals surface area contributed by atoms with Crippen molar-refractivity contribution in [3.63, 3.8) is 0 Å². The van der Waals surface area contributed by atoms with E-state index in [0.717, 1.165) is 5.56 Å². The maximum absolute atomic E-state index is 13.9. The van der Waals surface area contributed by atoms with Crippen molar-refractivity contribution in [1.29, 1.82) is 0 Å². The summed E-state index contributed by atoms with van der Waals surface area (Å²) in [6.07, 6.45) is 0.458. The number of carbonyl (C=O) groups is 3. The monoisotopic (exact) mass is 354 g/mol. The molecule has 0 aromatic heterocycles. The predicted molar refractivity (Wildman–Crippen MR) is 75.1 cm³/mol. The highest BCUT2D eigenvalue weighted by Crippen LogP contribution is 2.32. The van der Waals surface area contributed by atoms with Gasteiger partial charge >= 0.3 is 0 Å². The number of halogens is 2. The number of nitrogens with one attached hydrogen (secondary N) is 1. The van der Waals surface area contributed by atoms with Gasteiger partial charge in [-0.25, -0.2) is 4.39 Å². The van der Waals surface area contributed by atoms with Gasteiger partial charge in [0.25, 0.3) is 5.91 Å². The lowest BCUT2D eigenvalue weighted by molar-refractivity contribution is -0.136. The minimum absolute atomic E-state index is 0.0386. The van der Waals surface area contributed by atoms with E-state index in [4.69, 9.17) is 0 Å². The maximum atomic E-state index is 13.9. The van der Waals surface area contributed by atoms with E-state index in [-0.39, 0.29) is 30.9 Å². The van der Waals surface area contributed by atoms with Gasteiger partial charge in [0.15, 0.2) is 0 Å². The summed E-state index contributed by atoms with van der Waals surface area (Å²) < 4.78 is 13.9. The van der Waals surface area contributed by atoms with Crippen molar-refractivity contribution in [2.75, 3.05) is 0 Å². The Kier molecular flexibility index (Phi) is 3.52. The Morgan fingerprint density at radius 1 is 1.33 bits per heavy atom. The van der Waals surface area contributed by atoms with Crippen molar-refractivity contribution in [1.82, 2.24) is 10.2 Å². The van der Waals surface area contributed by atoms with Crippen molar-refractivity contribution in [3.8, 4) is 0 Å². The van der Waals surface area contributed by atoms with Gasteiger partial charge in [-0.3, -0.25) is 19.7 Å². The van der Waals surface area contributed by atoms with Crippen molar-refractivity contribution in [2.45, 2.75) is 30.8 Å². The van der Waals surface area contributed by atoms with Crippen LogP contribution in [-0.4, -0.2) is 28.7 Å². The van der Waals surface area contributed by atoms with Crippen LogP contribution in [0.5, 0.6) is 0 Å². The van der Waals surface area contributed by atoms with E-state index in [1.807, 2.05) is 0 Å². The third-order valence-corrected chi connectivity index (χ3v) is 4.50. The molecule has 1 N–H and O–H groups in total. The molecule has 0 aliphatic carbocycles. The molecule has 0 radical (unpaired) electrons. The van der Waals surface area contributed by atoms with Crippen molar-refractivity contribution < 1.29 is 18.8 Å². The number of hydrogen-bond acceptors (Lipinski definition) is 3. The molecule has 0 spiro atoms. The summed E-state index contributed by atoms with van der Waals surface area (Å²) >= 11 is 3.32. The van der Waals surface area contributed by atoms with Gasteiger partial charge in [-0.2, -0.15) is 0 Å². The van der Waals surface area contributed by atoms with Gasteiger partial charge < -0.3 is 4.90 Å². The van der Waals surface area contributed by atoms with E-state index in [1.54, 1.807) is 6.07 Å². The minimum atomic E-state index is -0.717. The molecule has 0 bridgehead atoms. The highest BCUT2D eigenvalue weighted by atomic mass is 79.9. The second-order valence-electron chi connectivity index (χ2n) is 5.09. The normalized spacial score (nSPS) is 21.5. The quantitative estimate of drug-likeness (QED) is 0.646. The molecule has 2 heterocycles. The zero-order valence-corrected chi connectivity index (χ0v) is 12.6. The molecular formula is C14H12BrFN2O3. The lowest BCUT2D eigenvalue weighted by atomic mass is 10.0. The Morgan fingerprint density at radius 3 is 2.76 bits per heavy atom. The van der Waals surface area contributed by atoms with Crippen LogP contribution >= 0.6 is 15.9 Å². The Bertz CT molecular complexity index is 662. The second kappa shape index (κ2) is 5.22. The SMILES string of the molecule is O=C1CCC(N2Cc3c(CBr)ccc(F)c3C2=O)C(=O)N1. The molecule has 0 saturated carbocycles. The predicted octanol–water partition coefficient (Wildman–Crippen LogP) is 1.48. The molecule has 1 saturated heterocycles. The van der Waals surface area contributed by atoms with Crippen molar-refractivity contribution in [3.05, 3.63) is 34.6 Å². The molecule has 1 unspecified atom stereocenters. The van der Waals surface area contributed by atoms with Crippen LogP contribution < -0.4 is 5.32 Å². The van der Waals surface area contributed by atoms with E-state index >= 15 is 0 Å². The summed E-state index contributed by atoms with van der Waals surface area (Å²) in [5.74, 6) is -1.89. The number of imide groups is 1. The molecule has 110 valence electrons. The van der Waals surface area contributed by atoms with Gasteiger partial charge in [0, 0.05) is 18.3 Å². The molecule has 7 heteroatoms. The first-order chi connectivity index (χ1) is 10.0. The maximum Gasteiger partial charge on any atom is 0.258 e. The number of nitrogens with zero attached hydrogens (tertiary/aromatic N) is 1. The number of hydrogen-bond donors (Lipinski definition) is 1. The van der Waals surface area contributed by atoms with Crippen LogP contribution in [0.4, 0.5) is 4.39 Å². The van der Waals surface area contributed by atoms with Gasteiger partial charge in [0.1, 0.15) is 11.9 Å². The van der Waals surface area contributed by atoms with Crippen LogP contribution in [0.1, 0.15) is 34.3 Å². The van der Waals surface area contributed by atoms with Crippen LogP contribution in [-0.2, 0) is 21.5 Å². The minimum Gasteiger partial charge on any atom is -0.322 e. The van der Waals surface area contributed by atoms with Crippen LogP contribution in [0.25, 0.3) is 0 Å². The highest BCUT2D eigenvalue weighted by Gasteiger charge is 2.41. The fourth-order valence-electron chi connectivity index (χ4n) is 2.82. The first-order valence-corrected chi connectivity index (χ1v) is 7.66. The fraction of sp³-hybridized carbons (Fsp3) is 0.357. The van der Waals surface area contributed by atoms with E-state index in [1.165, 1.54) is 11.0 Å². The van der Waals surface area contributed by atoms with Crippen LogP contribution in [0, 0.1) is 5.82 Å². The zero-order chi connectivity index (χ0) is 15.1. The average molecular weight is 355 g/mol. The molecule has 1 aromatic carbocycles. The highest BCUT2D eigenvalue weighted by molar-refractivity contribution is 9.08. The lowest BCUT2D eigenvalue weighted by Crippen LogP contribution is -2.52. The lowest BCUT2D eigenvalue weighted by Gasteiger charge is -2.29. The molecule has 5 nitrogen and oxygen atoms in total. The van der Waals surface area contributed by atoms with Gasteiger partial charge in [0.05, 0.1) is 5.56 Å². The van der Waals surface area contributed by atoms with Gasteiger partial charge in [-0.15, -0.1) is 0 Å². The average Bonchev–Trinajstić information content (AvgIpc) is 2.78. The molecule has 1 aromatic rings. The smallest absolute Gasteiger partial charge is 0.258 e. The van der Waals surface area contributed by atoms with Crippen molar-refractivity contribution >= 4 is 33.7 Å². The number of amides is 3. The molecular weight excluding hydrogens is 343 g/mol. The van der Waals surface area contributed by atoms with Gasteiger partial charge in [0.2, 0.25) is 11.8 Å². The molecule has 2 aliphatic rings. The number of alkyl halides is 1. The van der Waals surface area contributed by atoms with Gasteiger partial charge in [-0.05, 0) is 23.6 Å². The number of benzene rings is 1. The molecule has 1 atom stereocenters. The summed E-state index contributed by atoms with van der Waals surface area (Å²) in [6, 6.07) is 2.18. The van der Waals surface area contributed by atoms with Crippen LogP contribution in [0.2, 0.25) is 0 Å². The Hall–Kier alpha value is -1.76. The summed E-state index contributed by atoms with van der Waals surface area (Å²) in [4.78, 5) is 36.9. The standard InChI is InChI=1S/C14H12BrFN2O3/c15-5-7-1-2-9(16)12-8(7)6-18(14(12)21)10-3-4-11(19)17-13(10)20/h1-2,10H,3-6H2,(H,17,19,20). The Labute approximate surface area is 128 Å². The fourth-order valence-corrected chi connectivity index (χ4v) is 3.34. The summed E-state index contributed by atoms with van der Waals surface area (Å²) in [5.41, 5.74) is 1.48. The van der Waals surface area contributed by atoms with E-state index in [2.05, 4.69) is 21.2 Å². The van der Waals surface area contributed by atoms with E-state index in [9.17, 15) is 18.8 Å². The molecule has 21 heavy (non-hydrogen) atoms. The van der Waals surface area contributed by atoms with E-state index < -0.39 is 23.7 Å². The van der Waals surface area contributed by atoms with Crippen molar-refractivity contribution in [2.24, 2.45) is 0 Å². The zero-order valence-electron chi connectivity index (χ0n) is 11.0. The van der Waals surface area contributed by atoms with Crippen LogP contribution in [0.15, 0.2) is 12.1 Å². The summed E-state index contributed by atoms with van der Waals surface area (Å²) in [6.45, 7) is 0.194.